The number of hydrogen-bond acceptors (Lipinski definition) is 6. The van der Waals surface area contributed by atoms with Crippen molar-refractivity contribution in [1.82, 2.24) is 5.16 Å². The van der Waals surface area contributed by atoms with Gasteiger partial charge in [0.1, 0.15) is 11.5 Å². The van der Waals surface area contributed by atoms with Crippen molar-refractivity contribution in [2.45, 2.75) is 18.7 Å². The second-order valence-electron chi connectivity index (χ2n) is 5.99. The van der Waals surface area contributed by atoms with E-state index >= 15 is 0 Å². The highest BCUT2D eigenvalue weighted by molar-refractivity contribution is 7.92. The first kappa shape index (κ1) is 20.6. The molecule has 0 saturated carbocycles. The first-order chi connectivity index (χ1) is 13.9. The van der Waals surface area contributed by atoms with Crippen LogP contribution in [0.25, 0.3) is 0 Å². The Balaban J connectivity index is 1.60. The van der Waals surface area contributed by atoms with Crippen LogP contribution in [-0.2, 0) is 10.0 Å². The van der Waals surface area contributed by atoms with E-state index < -0.39 is 10.0 Å². The number of benzene rings is 2. The van der Waals surface area contributed by atoms with Gasteiger partial charge in [-0.2, -0.15) is 0 Å². The van der Waals surface area contributed by atoms with Gasteiger partial charge in [-0.25, -0.2) is 8.42 Å². The lowest BCUT2D eigenvalue weighted by Crippen LogP contribution is -2.19. The molecule has 152 valence electrons. The fraction of sp³-hybridized carbons (Fsp3) is 0.158. The first-order valence-electron chi connectivity index (χ1n) is 8.73. The molecule has 0 aliphatic heterocycles. The van der Waals surface area contributed by atoms with Crippen molar-refractivity contribution in [3.8, 4) is 5.75 Å². The molecule has 0 atom stereocenters. The molecule has 0 spiro atoms. The molecule has 0 amide bonds. The minimum absolute atomic E-state index is 0.0918. The standard InChI is InChI=1S/C19H20N4O4S2/c1-3-26-16-8-4-14(5-9-16)20-19(28)21-15-6-10-17(11-7-15)29(24,25)23-18-12-13(2)27-22-18/h4-12H,3H2,1-2H3,(H,22,23)(H2,20,21,28). The highest BCUT2D eigenvalue weighted by Gasteiger charge is 2.16. The molecular weight excluding hydrogens is 412 g/mol. The fourth-order valence-electron chi connectivity index (χ4n) is 2.42. The Hall–Kier alpha value is -3.11. The molecule has 8 nitrogen and oxygen atoms in total. The summed E-state index contributed by atoms with van der Waals surface area (Å²) in [5.74, 6) is 1.42. The highest BCUT2D eigenvalue weighted by atomic mass is 32.2. The van der Waals surface area contributed by atoms with Crippen molar-refractivity contribution in [2.24, 2.45) is 0 Å². The molecule has 10 heteroatoms. The van der Waals surface area contributed by atoms with Crippen LogP contribution in [-0.4, -0.2) is 25.3 Å². The van der Waals surface area contributed by atoms with E-state index in [1.54, 1.807) is 19.1 Å². The predicted molar refractivity (Wildman–Crippen MR) is 116 cm³/mol. The lowest BCUT2D eigenvalue weighted by atomic mass is 10.3. The third-order valence-corrected chi connectivity index (χ3v) is 5.29. The summed E-state index contributed by atoms with van der Waals surface area (Å²) in [7, 11) is -3.76. The van der Waals surface area contributed by atoms with Crippen LogP contribution in [0.4, 0.5) is 17.2 Å². The number of hydrogen-bond donors (Lipinski definition) is 3. The van der Waals surface area contributed by atoms with Crippen molar-refractivity contribution < 1.29 is 17.7 Å². The van der Waals surface area contributed by atoms with E-state index in [9.17, 15) is 8.42 Å². The molecule has 3 rings (SSSR count). The summed E-state index contributed by atoms with van der Waals surface area (Å²) >= 11 is 5.29. The Bertz CT molecular complexity index is 1080. The van der Waals surface area contributed by atoms with Crippen LogP contribution < -0.4 is 20.1 Å². The average Bonchev–Trinajstić information content (AvgIpc) is 3.08. The van der Waals surface area contributed by atoms with E-state index in [4.69, 9.17) is 21.5 Å². The van der Waals surface area contributed by atoms with Crippen LogP contribution in [0.3, 0.4) is 0 Å². The zero-order chi connectivity index (χ0) is 20.9. The lowest BCUT2D eigenvalue weighted by Gasteiger charge is -2.12. The summed E-state index contributed by atoms with van der Waals surface area (Å²) < 4.78 is 37.4. The summed E-state index contributed by atoms with van der Waals surface area (Å²) in [6.07, 6.45) is 0. The van der Waals surface area contributed by atoms with Gasteiger partial charge in [0.15, 0.2) is 10.9 Å². The SMILES string of the molecule is CCOc1ccc(NC(=S)Nc2ccc(S(=O)(=O)Nc3cc(C)on3)cc2)cc1. The zero-order valence-corrected chi connectivity index (χ0v) is 17.4. The van der Waals surface area contributed by atoms with Gasteiger partial charge in [0, 0.05) is 17.4 Å². The van der Waals surface area contributed by atoms with Crippen LogP contribution >= 0.6 is 12.2 Å². The minimum atomic E-state index is -3.76. The number of nitrogens with zero attached hydrogens (tertiary/aromatic N) is 1. The maximum absolute atomic E-state index is 12.4. The molecule has 1 aromatic heterocycles. The van der Waals surface area contributed by atoms with Crippen LogP contribution in [0.2, 0.25) is 0 Å². The molecule has 0 aliphatic rings. The van der Waals surface area contributed by atoms with E-state index in [-0.39, 0.29) is 10.7 Å². The van der Waals surface area contributed by atoms with E-state index in [0.717, 1.165) is 11.4 Å². The van der Waals surface area contributed by atoms with Crippen molar-refractivity contribution in [3.63, 3.8) is 0 Å². The normalized spacial score (nSPS) is 11.0. The lowest BCUT2D eigenvalue weighted by molar-refractivity contribution is 0.340. The summed E-state index contributed by atoms with van der Waals surface area (Å²) in [5, 5.41) is 10.1. The fourth-order valence-corrected chi connectivity index (χ4v) is 3.64. The van der Waals surface area contributed by atoms with Crippen molar-refractivity contribution in [3.05, 3.63) is 60.4 Å². The van der Waals surface area contributed by atoms with Crippen LogP contribution in [0.1, 0.15) is 12.7 Å². The Kier molecular flexibility index (Phi) is 6.35. The molecule has 2 aromatic carbocycles. The number of rotatable bonds is 7. The third-order valence-electron chi connectivity index (χ3n) is 3.71. The Labute approximate surface area is 174 Å². The molecule has 0 saturated heterocycles. The summed E-state index contributed by atoms with van der Waals surface area (Å²) in [6, 6.07) is 15.1. The number of sulfonamides is 1. The molecule has 1 heterocycles. The molecule has 0 fully saturated rings. The number of thiocarbonyl (C=S) groups is 1. The number of aryl methyl sites for hydroxylation is 1. The molecule has 0 radical (unpaired) electrons. The maximum Gasteiger partial charge on any atom is 0.263 e. The van der Waals surface area contributed by atoms with Crippen LogP contribution in [0.5, 0.6) is 5.75 Å². The van der Waals surface area contributed by atoms with Gasteiger partial charge in [0.2, 0.25) is 0 Å². The second-order valence-corrected chi connectivity index (χ2v) is 8.08. The van der Waals surface area contributed by atoms with Crippen molar-refractivity contribution >= 4 is 44.5 Å². The quantitative estimate of drug-likeness (QED) is 0.481. The smallest absolute Gasteiger partial charge is 0.263 e. The Morgan fingerprint density at radius 1 is 1.07 bits per heavy atom. The van der Waals surface area contributed by atoms with Crippen molar-refractivity contribution in [2.75, 3.05) is 22.0 Å². The van der Waals surface area contributed by atoms with Crippen molar-refractivity contribution in [1.29, 1.82) is 0 Å². The molecule has 3 N–H and O–H groups in total. The van der Waals surface area contributed by atoms with Gasteiger partial charge in [0.05, 0.1) is 11.5 Å². The first-order valence-corrected chi connectivity index (χ1v) is 10.6. The highest BCUT2D eigenvalue weighted by Crippen LogP contribution is 2.19. The number of aromatic nitrogens is 1. The predicted octanol–water partition coefficient (Wildman–Crippen LogP) is 3.99. The molecule has 3 aromatic rings. The van der Waals surface area contributed by atoms with E-state index in [1.165, 1.54) is 18.2 Å². The Morgan fingerprint density at radius 3 is 2.17 bits per heavy atom. The van der Waals surface area contributed by atoms with Gasteiger partial charge in [-0.3, -0.25) is 4.72 Å². The number of ether oxygens (including phenoxy) is 1. The maximum atomic E-state index is 12.4. The van der Waals surface area contributed by atoms with Gasteiger partial charge in [-0.15, -0.1) is 0 Å². The van der Waals surface area contributed by atoms with Gasteiger partial charge in [-0.05, 0) is 74.6 Å². The third kappa shape index (κ3) is 5.69. The van der Waals surface area contributed by atoms with Crippen LogP contribution in [0, 0.1) is 6.92 Å². The van der Waals surface area contributed by atoms with Gasteiger partial charge >= 0.3 is 0 Å². The van der Waals surface area contributed by atoms with Gasteiger partial charge in [-0.1, -0.05) is 5.16 Å². The monoisotopic (exact) mass is 432 g/mol. The zero-order valence-electron chi connectivity index (χ0n) is 15.8. The summed E-state index contributed by atoms with van der Waals surface area (Å²) in [5.41, 5.74) is 1.45. The Morgan fingerprint density at radius 2 is 1.66 bits per heavy atom. The minimum Gasteiger partial charge on any atom is -0.494 e. The van der Waals surface area contributed by atoms with Crippen LogP contribution in [0.15, 0.2) is 64.0 Å². The van der Waals surface area contributed by atoms with E-state index in [1.807, 2.05) is 31.2 Å². The largest absolute Gasteiger partial charge is 0.494 e. The molecule has 0 bridgehead atoms. The molecule has 29 heavy (non-hydrogen) atoms. The summed E-state index contributed by atoms with van der Waals surface area (Å²) in [6.45, 7) is 4.20. The summed E-state index contributed by atoms with van der Waals surface area (Å²) in [4.78, 5) is 0.0918. The number of anilines is 3. The topological polar surface area (TPSA) is 105 Å². The second kappa shape index (κ2) is 8.93. The molecule has 0 unspecified atom stereocenters. The van der Waals surface area contributed by atoms with E-state index in [2.05, 4.69) is 20.5 Å². The van der Waals surface area contributed by atoms with Gasteiger partial charge < -0.3 is 19.9 Å². The van der Waals surface area contributed by atoms with Gasteiger partial charge in [0.25, 0.3) is 10.0 Å². The van der Waals surface area contributed by atoms with E-state index in [0.29, 0.717) is 23.2 Å². The molecular formula is C19H20N4O4S2. The molecule has 0 aliphatic carbocycles. The number of nitrogens with one attached hydrogen (secondary N) is 3. The average molecular weight is 433 g/mol.